The van der Waals surface area contributed by atoms with Crippen molar-refractivity contribution in [2.45, 2.75) is 13.3 Å². The Balaban J connectivity index is 1.69. The third kappa shape index (κ3) is 3.08. The fourth-order valence-electron chi connectivity index (χ4n) is 3.53. The average Bonchev–Trinajstić information content (AvgIpc) is 3.15. The largest absolute Gasteiger partial charge is 0.322 e. The van der Waals surface area contributed by atoms with Crippen molar-refractivity contribution in [3.8, 4) is 11.4 Å². The average molecular weight is 383 g/mol. The molecule has 0 aliphatic carbocycles. The number of aromatic nitrogens is 4. The van der Waals surface area contributed by atoms with Crippen molar-refractivity contribution < 1.29 is 4.39 Å². The van der Waals surface area contributed by atoms with Crippen LogP contribution in [0.25, 0.3) is 33.2 Å². The molecule has 0 saturated carbocycles. The highest BCUT2D eigenvalue weighted by Gasteiger charge is 2.14. The highest BCUT2D eigenvalue weighted by atomic mass is 19.1. The van der Waals surface area contributed by atoms with Gasteiger partial charge in [0.05, 0.1) is 11.0 Å². The predicted molar refractivity (Wildman–Crippen MR) is 114 cm³/mol. The van der Waals surface area contributed by atoms with Crippen LogP contribution in [0.2, 0.25) is 0 Å². The lowest BCUT2D eigenvalue weighted by Gasteiger charge is -2.12. The molecular weight excluding hydrogens is 365 g/mol. The number of nitrogens with zero attached hydrogens (tertiary/aromatic N) is 3. The Morgan fingerprint density at radius 2 is 1.72 bits per heavy atom. The summed E-state index contributed by atoms with van der Waals surface area (Å²) in [6.45, 7) is 2.11. The van der Waals surface area contributed by atoms with Crippen LogP contribution >= 0.6 is 0 Å². The van der Waals surface area contributed by atoms with Crippen molar-refractivity contribution in [3.05, 3.63) is 78.1 Å². The van der Waals surface area contributed by atoms with E-state index in [0.29, 0.717) is 22.8 Å². The third-order valence-electron chi connectivity index (χ3n) is 5.00. The normalized spacial score (nSPS) is 11.2. The summed E-state index contributed by atoms with van der Waals surface area (Å²) in [4.78, 5) is 9.60. The number of para-hydroxylation sites is 1. The van der Waals surface area contributed by atoms with Crippen molar-refractivity contribution in [1.82, 2.24) is 20.2 Å². The molecule has 2 N–H and O–H groups in total. The molecule has 0 spiro atoms. The van der Waals surface area contributed by atoms with Crippen LogP contribution in [0.3, 0.4) is 0 Å². The van der Waals surface area contributed by atoms with Crippen LogP contribution in [-0.4, -0.2) is 20.2 Å². The van der Waals surface area contributed by atoms with E-state index in [9.17, 15) is 4.39 Å². The van der Waals surface area contributed by atoms with Crippen LogP contribution in [0.1, 0.15) is 12.5 Å². The molecule has 0 fully saturated rings. The number of fused-ring (bicyclic) bond motifs is 2. The first-order valence-corrected chi connectivity index (χ1v) is 9.48. The fraction of sp³-hybridized carbons (Fsp3) is 0.0870. The van der Waals surface area contributed by atoms with Gasteiger partial charge in [0.1, 0.15) is 11.6 Å². The molecular formula is C23H18FN5. The quantitative estimate of drug-likeness (QED) is 0.423. The van der Waals surface area contributed by atoms with Crippen molar-refractivity contribution >= 4 is 33.4 Å². The Labute approximate surface area is 166 Å². The van der Waals surface area contributed by atoms with Crippen LogP contribution in [-0.2, 0) is 6.42 Å². The topological polar surface area (TPSA) is 66.5 Å². The number of benzene rings is 3. The van der Waals surface area contributed by atoms with Gasteiger partial charge in [-0.3, -0.25) is 5.10 Å². The maximum atomic E-state index is 13.8. The van der Waals surface area contributed by atoms with Gasteiger partial charge in [-0.05, 0) is 42.3 Å². The summed E-state index contributed by atoms with van der Waals surface area (Å²) >= 11 is 0. The Morgan fingerprint density at radius 1 is 0.897 bits per heavy atom. The molecule has 0 aliphatic rings. The summed E-state index contributed by atoms with van der Waals surface area (Å²) in [6.07, 6.45) is 0.887. The molecule has 142 valence electrons. The number of anilines is 2. The third-order valence-corrected chi connectivity index (χ3v) is 5.00. The van der Waals surface area contributed by atoms with Gasteiger partial charge in [0.15, 0.2) is 11.6 Å². The Morgan fingerprint density at radius 3 is 2.62 bits per heavy atom. The van der Waals surface area contributed by atoms with Crippen LogP contribution < -0.4 is 5.32 Å². The van der Waals surface area contributed by atoms with Gasteiger partial charge >= 0.3 is 0 Å². The number of hydrogen-bond acceptors (Lipinski definition) is 4. The first-order valence-electron chi connectivity index (χ1n) is 9.48. The van der Waals surface area contributed by atoms with Gasteiger partial charge < -0.3 is 5.32 Å². The van der Waals surface area contributed by atoms with E-state index in [-0.39, 0.29) is 5.82 Å². The Bertz CT molecular complexity index is 1340. The minimum Gasteiger partial charge on any atom is -0.322 e. The number of H-pyrrole nitrogens is 1. The molecule has 0 amide bonds. The molecule has 0 atom stereocenters. The van der Waals surface area contributed by atoms with E-state index >= 15 is 0 Å². The highest BCUT2D eigenvalue weighted by molar-refractivity contribution is 5.96. The van der Waals surface area contributed by atoms with E-state index in [1.807, 2.05) is 42.5 Å². The van der Waals surface area contributed by atoms with Crippen LogP contribution in [0.5, 0.6) is 0 Å². The SMILES string of the molecule is CCc1ccccc1-c1nc(Nc2n[nH]c3ccc(F)cc23)c2ccccc2n1. The molecule has 0 unspecified atom stereocenters. The minimum atomic E-state index is -0.313. The molecule has 0 bridgehead atoms. The predicted octanol–water partition coefficient (Wildman–Crippen LogP) is 5.62. The zero-order valence-corrected chi connectivity index (χ0v) is 15.8. The van der Waals surface area contributed by atoms with E-state index < -0.39 is 0 Å². The summed E-state index contributed by atoms with van der Waals surface area (Å²) in [5, 5.41) is 12.1. The van der Waals surface area contributed by atoms with Crippen molar-refractivity contribution in [1.29, 1.82) is 0 Å². The fourth-order valence-corrected chi connectivity index (χ4v) is 3.53. The highest BCUT2D eigenvalue weighted by Crippen LogP contribution is 2.30. The van der Waals surface area contributed by atoms with Gasteiger partial charge in [-0.25, -0.2) is 14.4 Å². The van der Waals surface area contributed by atoms with Crippen LogP contribution in [0.4, 0.5) is 16.0 Å². The van der Waals surface area contributed by atoms with E-state index in [1.54, 1.807) is 6.07 Å². The van der Waals surface area contributed by atoms with Gasteiger partial charge in [0.25, 0.3) is 0 Å². The minimum absolute atomic E-state index is 0.313. The summed E-state index contributed by atoms with van der Waals surface area (Å²) < 4.78 is 13.8. The molecule has 5 rings (SSSR count). The standard InChI is InChI=1S/C23H18FN5/c1-2-14-7-3-4-8-16(14)21-25-19-10-6-5-9-17(19)22(26-21)27-23-18-13-15(24)11-12-20(18)28-29-23/h3-13H,2H2,1H3,(H2,25,26,27,28,29). The molecule has 3 aromatic carbocycles. The van der Waals surface area contributed by atoms with Crippen molar-refractivity contribution in [3.63, 3.8) is 0 Å². The maximum absolute atomic E-state index is 13.8. The van der Waals surface area contributed by atoms with E-state index in [0.717, 1.165) is 28.4 Å². The summed E-state index contributed by atoms with van der Waals surface area (Å²) in [5.41, 5.74) is 3.77. The summed E-state index contributed by atoms with van der Waals surface area (Å²) in [6, 6.07) is 20.5. The van der Waals surface area contributed by atoms with Gasteiger partial charge in [-0.2, -0.15) is 5.10 Å². The lowest BCUT2D eigenvalue weighted by molar-refractivity contribution is 0.630. The molecule has 5 aromatic rings. The van der Waals surface area contributed by atoms with Crippen molar-refractivity contribution in [2.75, 3.05) is 5.32 Å². The second-order valence-electron chi connectivity index (χ2n) is 6.81. The number of rotatable bonds is 4. The number of aryl methyl sites for hydroxylation is 1. The molecule has 0 saturated heterocycles. The summed E-state index contributed by atoms with van der Waals surface area (Å²) in [7, 11) is 0. The second-order valence-corrected chi connectivity index (χ2v) is 6.81. The van der Waals surface area contributed by atoms with Gasteiger partial charge in [-0.1, -0.05) is 43.3 Å². The molecule has 29 heavy (non-hydrogen) atoms. The molecule has 0 radical (unpaired) electrons. The van der Waals surface area contributed by atoms with E-state index in [4.69, 9.17) is 9.97 Å². The monoisotopic (exact) mass is 383 g/mol. The molecule has 2 aromatic heterocycles. The van der Waals surface area contributed by atoms with Gasteiger partial charge in [0.2, 0.25) is 0 Å². The van der Waals surface area contributed by atoms with E-state index in [2.05, 4.69) is 28.5 Å². The Kier molecular flexibility index (Phi) is 4.17. The lowest BCUT2D eigenvalue weighted by Crippen LogP contribution is -2.01. The Hall–Kier alpha value is -3.80. The summed E-state index contributed by atoms with van der Waals surface area (Å²) in [5.74, 6) is 1.49. The first kappa shape index (κ1) is 17.3. The number of nitrogens with one attached hydrogen (secondary N) is 2. The molecule has 5 nitrogen and oxygen atoms in total. The molecule has 0 aliphatic heterocycles. The second kappa shape index (κ2) is 6.98. The zero-order chi connectivity index (χ0) is 19.8. The van der Waals surface area contributed by atoms with Crippen LogP contribution in [0, 0.1) is 5.82 Å². The van der Waals surface area contributed by atoms with E-state index in [1.165, 1.54) is 17.7 Å². The number of halogens is 1. The lowest BCUT2D eigenvalue weighted by atomic mass is 10.0. The van der Waals surface area contributed by atoms with Crippen LogP contribution in [0.15, 0.2) is 66.7 Å². The smallest absolute Gasteiger partial charge is 0.162 e. The molecule has 6 heteroatoms. The molecule has 2 heterocycles. The number of aromatic amines is 1. The zero-order valence-electron chi connectivity index (χ0n) is 15.8. The number of hydrogen-bond donors (Lipinski definition) is 2. The maximum Gasteiger partial charge on any atom is 0.162 e. The first-order chi connectivity index (χ1) is 14.2. The van der Waals surface area contributed by atoms with Gasteiger partial charge in [0, 0.05) is 16.3 Å². The van der Waals surface area contributed by atoms with Gasteiger partial charge in [-0.15, -0.1) is 0 Å². The van der Waals surface area contributed by atoms with Crippen molar-refractivity contribution in [2.24, 2.45) is 0 Å².